The first-order valence-corrected chi connectivity index (χ1v) is 9.44. The van der Waals surface area contributed by atoms with Gasteiger partial charge in [-0.2, -0.15) is 0 Å². The van der Waals surface area contributed by atoms with E-state index in [0.29, 0.717) is 30.3 Å². The van der Waals surface area contributed by atoms with Gasteiger partial charge in [0.1, 0.15) is 0 Å². The van der Waals surface area contributed by atoms with Crippen molar-refractivity contribution >= 4 is 35.7 Å². The lowest BCUT2D eigenvalue weighted by molar-refractivity contribution is -0.142. The molecule has 3 aliphatic rings. The highest BCUT2D eigenvalue weighted by atomic mass is 35.5. The Morgan fingerprint density at radius 2 is 2.00 bits per heavy atom. The van der Waals surface area contributed by atoms with E-state index in [0.717, 1.165) is 25.2 Å². The predicted molar refractivity (Wildman–Crippen MR) is 102 cm³/mol. The summed E-state index contributed by atoms with van der Waals surface area (Å²) in [6, 6.07) is 5.36. The number of halogens is 2. The number of morpholine rings is 1. The van der Waals surface area contributed by atoms with Crippen LogP contribution >= 0.6 is 24.0 Å². The fraction of sp³-hybridized carbons (Fsp3) is 0.579. The monoisotopic (exact) mass is 398 g/mol. The molecule has 2 heterocycles. The molecule has 1 aromatic carbocycles. The molecule has 0 bridgehead atoms. The summed E-state index contributed by atoms with van der Waals surface area (Å²) in [6.45, 7) is 4.81. The van der Waals surface area contributed by atoms with Crippen molar-refractivity contribution in [2.45, 2.75) is 31.2 Å². The Morgan fingerprint density at radius 3 is 2.77 bits per heavy atom. The summed E-state index contributed by atoms with van der Waals surface area (Å²) in [4.78, 5) is 29.9. The number of ketones is 1. The Balaban J connectivity index is 0.00000196. The Morgan fingerprint density at radius 1 is 1.23 bits per heavy atom. The molecule has 1 aromatic rings. The molecule has 0 radical (unpaired) electrons. The van der Waals surface area contributed by atoms with Crippen LogP contribution in [0.2, 0.25) is 5.02 Å². The number of carbonyl (C=O) groups is 2. The molecule has 2 saturated heterocycles. The van der Waals surface area contributed by atoms with Crippen molar-refractivity contribution in [3.8, 4) is 0 Å². The van der Waals surface area contributed by atoms with Crippen LogP contribution in [0.15, 0.2) is 18.2 Å². The zero-order valence-electron chi connectivity index (χ0n) is 14.7. The second-order valence-corrected chi connectivity index (χ2v) is 7.62. The predicted octanol–water partition coefficient (Wildman–Crippen LogP) is 2.76. The van der Waals surface area contributed by atoms with E-state index in [1.165, 1.54) is 12.8 Å². The maximum Gasteiger partial charge on any atom is 0.231 e. The minimum Gasteiger partial charge on any atom is -0.377 e. The molecule has 2 aliphatic heterocycles. The quantitative estimate of drug-likeness (QED) is 0.785. The van der Waals surface area contributed by atoms with Crippen LogP contribution in [0.25, 0.3) is 0 Å². The highest BCUT2D eigenvalue weighted by Crippen LogP contribution is 2.36. The average molecular weight is 399 g/mol. The van der Waals surface area contributed by atoms with Gasteiger partial charge < -0.3 is 14.5 Å². The summed E-state index contributed by atoms with van der Waals surface area (Å²) < 4.78 is 5.64. The molecule has 26 heavy (non-hydrogen) atoms. The van der Waals surface area contributed by atoms with Crippen LogP contribution in [-0.2, 0) is 9.53 Å². The fourth-order valence-corrected chi connectivity index (χ4v) is 4.43. The summed E-state index contributed by atoms with van der Waals surface area (Å²) in [5.74, 6) is -0.305. The number of Topliss-reactive ketones (excluding diaryl/α,β-unsaturated/α-hetero) is 1. The number of fused-ring (bicyclic) bond motifs is 1. The first-order chi connectivity index (χ1) is 12.1. The standard InChI is InChI=1S/C19H23ClN2O3.ClH/c20-13-3-4-15-16(9-13)18(23)10-17(15)19(24)22-7-8-25-12-14(22)11-21-5-1-2-6-21;/h3-4,9,14,17H,1-2,5-8,10-12H2;1H. The molecule has 0 spiro atoms. The molecule has 1 aliphatic carbocycles. The summed E-state index contributed by atoms with van der Waals surface area (Å²) >= 11 is 6.01. The molecule has 142 valence electrons. The number of rotatable bonds is 3. The van der Waals surface area contributed by atoms with E-state index in [-0.39, 0.29) is 42.5 Å². The average Bonchev–Trinajstić information content (AvgIpc) is 3.23. The molecule has 2 atom stereocenters. The van der Waals surface area contributed by atoms with Crippen LogP contribution in [0, 0.1) is 0 Å². The van der Waals surface area contributed by atoms with Crippen molar-refractivity contribution in [2.24, 2.45) is 0 Å². The molecular weight excluding hydrogens is 375 g/mol. The van der Waals surface area contributed by atoms with Gasteiger partial charge in [0, 0.05) is 30.1 Å². The van der Waals surface area contributed by atoms with Gasteiger partial charge in [-0.1, -0.05) is 17.7 Å². The van der Waals surface area contributed by atoms with Crippen molar-refractivity contribution in [2.75, 3.05) is 39.4 Å². The van der Waals surface area contributed by atoms with E-state index in [2.05, 4.69) is 4.90 Å². The second-order valence-electron chi connectivity index (χ2n) is 7.18. The number of nitrogens with zero attached hydrogens (tertiary/aromatic N) is 2. The minimum atomic E-state index is -0.376. The Bertz CT molecular complexity index is 691. The third kappa shape index (κ3) is 3.77. The largest absolute Gasteiger partial charge is 0.377 e. The Hall–Kier alpha value is -1.14. The molecule has 0 saturated carbocycles. The van der Waals surface area contributed by atoms with Crippen molar-refractivity contribution in [3.05, 3.63) is 34.3 Å². The molecule has 5 nitrogen and oxygen atoms in total. The van der Waals surface area contributed by atoms with Gasteiger partial charge in [0.2, 0.25) is 5.91 Å². The molecular formula is C19H24Cl2N2O3. The molecule has 0 N–H and O–H groups in total. The third-order valence-corrected chi connectivity index (χ3v) is 5.79. The summed E-state index contributed by atoms with van der Waals surface area (Å²) in [5, 5.41) is 0.540. The van der Waals surface area contributed by atoms with Gasteiger partial charge in [-0.3, -0.25) is 9.59 Å². The lowest BCUT2D eigenvalue weighted by Gasteiger charge is -2.39. The number of amides is 1. The SMILES string of the molecule is Cl.O=C1CC(C(=O)N2CCOCC2CN2CCCC2)c2ccc(Cl)cc21. The first kappa shape index (κ1) is 19.6. The van der Waals surface area contributed by atoms with Crippen molar-refractivity contribution in [3.63, 3.8) is 0 Å². The molecule has 2 fully saturated rings. The number of benzene rings is 1. The van der Waals surface area contributed by atoms with Gasteiger partial charge in [-0.15, -0.1) is 12.4 Å². The van der Waals surface area contributed by atoms with E-state index in [4.69, 9.17) is 16.3 Å². The van der Waals surface area contributed by atoms with Crippen LogP contribution in [0.1, 0.15) is 41.1 Å². The molecule has 7 heteroatoms. The molecule has 0 aromatic heterocycles. The number of hydrogen-bond acceptors (Lipinski definition) is 4. The van der Waals surface area contributed by atoms with Crippen LogP contribution < -0.4 is 0 Å². The van der Waals surface area contributed by atoms with Gasteiger partial charge in [0.25, 0.3) is 0 Å². The zero-order valence-corrected chi connectivity index (χ0v) is 16.2. The van der Waals surface area contributed by atoms with Gasteiger partial charge in [-0.25, -0.2) is 0 Å². The van der Waals surface area contributed by atoms with Gasteiger partial charge in [0.05, 0.1) is 25.2 Å². The highest BCUT2D eigenvalue weighted by molar-refractivity contribution is 6.31. The number of hydrogen-bond donors (Lipinski definition) is 0. The summed E-state index contributed by atoms with van der Waals surface area (Å²) in [5.41, 5.74) is 1.43. The minimum absolute atomic E-state index is 0. The Labute approximate surface area is 165 Å². The normalized spacial score (nSPS) is 25.9. The molecule has 4 rings (SSSR count). The topological polar surface area (TPSA) is 49.9 Å². The van der Waals surface area contributed by atoms with E-state index in [1.54, 1.807) is 12.1 Å². The van der Waals surface area contributed by atoms with Gasteiger partial charge >= 0.3 is 0 Å². The highest BCUT2D eigenvalue weighted by Gasteiger charge is 2.39. The third-order valence-electron chi connectivity index (χ3n) is 5.56. The smallest absolute Gasteiger partial charge is 0.231 e. The summed E-state index contributed by atoms with van der Waals surface area (Å²) in [7, 11) is 0. The Kier molecular flexibility index (Phi) is 6.23. The second kappa shape index (κ2) is 8.26. The van der Waals surface area contributed by atoms with Crippen molar-refractivity contribution in [1.29, 1.82) is 0 Å². The van der Waals surface area contributed by atoms with E-state index >= 15 is 0 Å². The van der Waals surface area contributed by atoms with Crippen LogP contribution in [-0.4, -0.2) is 66.9 Å². The summed E-state index contributed by atoms with van der Waals surface area (Å²) in [6.07, 6.45) is 2.71. The number of carbonyl (C=O) groups excluding carboxylic acids is 2. The lowest BCUT2D eigenvalue weighted by Crippen LogP contribution is -2.54. The molecule has 1 amide bonds. The maximum absolute atomic E-state index is 13.2. The van der Waals surface area contributed by atoms with E-state index < -0.39 is 0 Å². The first-order valence-electron chi connectivity index (χ1n) is 9.06. The lowest BCUT2D eigenvalue weighted by atomic mass is 9.98. The maximum atomic E-state index is 13.2. The molecule has 2 unspecified atom stereocenters. The van der Waals surface area contributed by atoms with Crippen LogP contribution in [0.4, 0.5) is 0 Å². The van der Waals surface area contributed by atoms with E-state index in [1.807, 2.05) is 11.0 Å². The van der Waals surface area contributed by atoms with Gasteiger partial charge in [-0.05, 0) is 43.6 Å². The van der Waals surface area contributed by atoms with Gasteiger partial charge in [0.15, 0.2) is 5.78 Å². The van der Waals surface area contributed by atoms with Crippen molar-refractivity contribution in [1.82, 2.24) is 9.80 Å². The van der Waals surface area contributed by atoms with Crippen LogP contribution in [0.5, 0.6) is 0 Å². The van der Waals surface area contributed by atoms with Crippen LogP contribution in [0.3, 0.4) is 0 Å². The number of ether oxygens (including phenoxy) is 1. The zero-order chi connectivity index (χ0) is 17.4. The van der Waals surface area contributed by atoms with Crippen molar-refractivity contribution < 1.29 is 14.3 Å². The fourth-order valence-electron chi connectivity index (χ4n) is 4.26. The number of likely N-dealkylation sites (tertiary alicyclic amines) is 1. The van der Waals surface area contributed by atoms with E-state index in [9.17, 15) is 9.59 Å².